The second-order valence-corrected chi connectivity index (χ2v) is 5.64. The van der Waals surface area contributed by atoms with Crippen LogP contribution in [-0.4, -0.2) is 18.9 Å². The lowest BCUT2D eigenvalue weighted by Crippen LogP contribution is -2.31. The molecule has 1 heterocycles. The minimum Gasteiger partial charge on any atom is -0.322 e. The number of halogens is 1. The van der Waals surface area contributed by atoms with E-state index in [-0.39, 0.29) is 11.8 Å². The number of anilines is 2. The zero-order chi connectivity index (χ0) is 15.7. The van der Waals surface area contributed by atoms with E-state index in [1.165, 1.54) is 0 Å². The topological polar surface area (TPSA) is 49.4 Å². The van der Waals surface area contributed by atoms with E-state index in [2.05, 4.69) is 5.32 Å². The summed E-state index contributed by atoms with van der Waals surface area (Å²) in [6, 6.07) is 12.5. The molecule has 112 valence electrons. The van der Waals surface area contributed by atoms with Crippen LogP contribution in [0.4, 0.5) is 11.4 Å². The molecular formula is C17H15ClN2O2. The van der Waals surface area contributed by atoms with Gasteiger partial charge in [0.25, 0.3) is 5.91 Å². The molecule has 0 atom stereocenters. The maximum atomic E-state index is 12.3. The Labute approximate surface area is 133 Å². The van der Waals surface area contributed by atoms with Gasteiger partial charge in [0.2, 0.25) is 5.91 Å². The molecule has 1 aliphatic rings. The molecular weight excluding hydrogens is 300 g/mol. The lowest BCUT2D eigenvalue weighted by molar-refractivity contribution is -0.118. The van der Waals surface area contributed by atoms with Crippen LogP contribution in [0.5, 0.6) is 0 Å². The van der Waals surface area contributed by atoms with Gasteiger partial charge in [0.05, 0.1) is 10.6 Å². The third-order valence-electron chi connectivity index (χ3n) is 3.80. The maximum absolute atomic E-state index is 12.3. The number of benzene rings is 2. The summed E-state index contributed by atoms with van der Waals surface area (Å²) in [5.74, 6) is -0.133. The van der Waals surface area contributed by atoms with Gasteiger partial charge < -0.3 is 10.2 Å². The van der Waals surface area contributed by atoms with Gasteiger partial charge in [-0.2, -0.15) is 0 Å². The number of nitrogens with one attached hydrogen (secondary N) is 1. The Morgan fingerprint density at radius 3 is 2.73 bits per heavy atom. The molecule has 0 saturated carbocycles. The predicted octanol–water partition coefficient (Wildman–Crippen LogP) is 3.50. The fraction of sp³-hybridized carbons (Fsp3) is 0.176. The van der Waals surface area contributed by atoms with Crippen LogP contribution in [0.15, 0.2) is 42.5 Å². The van der Waals surface area contributed by atoms with Gasteiger partial charge >= 0.3 is 0 Å². The van der Waals surface area contributed by atoms with Crippen molar-refractivity contribution in [2.24, 2.45) is 0 Å². The third-order valence-corrected chi connectivity index (χ3v) is 4.13. The second-order valence-electron chi connectivity index (χ2n) is 5.23. The van der Waals surface area contributed by atoms with Gasteiger partial charge in [-0.3, -0.25) is 9.59 Å². The quantitative estimate of drug-likeness (QED) is 0.922. The van der Waals surface area contributed by atoms with E-state index in [0.29, 0.717) is 29.1 Å². The lowest BCUT2D eigenvalue weighted by atomic mass is 10.0. The van der Waals surface area contributed by atoms with E-state index in [9.17, 15) is 9.59 Å². The van der Waals surface area contributed by atoms with Gasteiger partial charge in [-0.05, 0) is 42.3 Å². The molecule has 22 heavy (non-hydrogen) atoms. The van der Waals surface area contributed by atoms with Gasteiger partial charge in [-0.25, -0.2) is 0 Å². The summed E-state index contributed by atoms with van der Waals surface area (Å²) in [4.78, 5) is 25.6. The van der Waals surface area contributed by atoms with Crippen molar-refractivity contribution in [1.82, 2.24) is 0 Å². The van der Waals surface area contributed by atoms with Crippen molar-refractivity contribution in [1.29, 1.82) is 0 Å². The maximum Gasteiger partial charge on any atom is 0.257 e. The van der Waals surface area contributed by atoms with Gasteiger partial charge in [-0.1, -0.05) is 23.7 Å². The van der Waals surface area contributed by atoms with Gasteiger partial charge in [0, 0.05) is 24.8 Å². The normalized spacial score (nSPS) is 13.7. The average Bonchev–Trinajstić information content (AvgIpc) is 2.51. The Hall–Kier alpha value is -2.33. The molecule has 1 aliphatic heterocycles. The molecule has 0 unspecified atom stereocenters. The Kier molecular flexibility index (Phi) is 3.86. The molecule has 5 heteroatoms. The van der Waals surface area contributed by atoms with Crippen molar-refractivity contribution in [2.45, 2.75) is 12.8 Å². The number of aryl methyl sites for hydroxylation is 1. The Morgan fingerprint density at radius 2 is 1.95 bits per heavy atom. The lowest BCUT2D eigenvalue weighted by Gasteiger charge is -2.26. The van der Waals surface area contributed by atoms with Crippen LogP contribution in [0, 0.1) is 0 Å². The molecule has 4 nitrogen and oxygen atoms in total. The molecule has 2 aromatic rings. The summed E-state index contributed by atoms with van der Waals surface area (Å²) in [6.45, 7) is 0. The minimum atomic E-state index is -0.245. The first-order chi connectivity index (χ1) is 10.6. The molecule has 1 N–H and O–H groups in total. The molecule has 0 bridgehead atoms. The molecule has 2 aromatic carbocycles. The molecule has 2 amide bonds. The van der Waals surface area contributed by atoms with Gasteiger partial charge in [0.15, 0.2) is 0 Å². The highest BCUT2D eigenvalue weighted by Gasteiger charge is 2.21. The Morgan fingerprint density at radius 1 is 1.18 bits per heavy atom. The van der Waals surface area contributed by atoms with Crippen molar-refractivity contribution in [3.05, 3.63) is 58.6 Å². The third kappa shape index (κ3) is 2.70. The van der Waals surface area contributed by atoms with E-state index >= 15 is 0 Å². The van der Waals surface area contributed by atoms with Crippen LogP contribution in [0.1, 0.15) is 22.3 Å². The van der Waals surface area contributed by atoms with Crippen LogP contribution in [-0.2, 0) is 11.2 Å². The fourth-order valence-corrected chi connectivity index (χ4v) is 2.80. The van der Waals surface area contributed by atoms with E-state index < -0.39 is 0 Å². The number of fused-ring (bicyclic) bond motifs is 1. The second kappa shape index (κ2) is 5.81. The van der Waals surface area contributed by atoms with E-state index in [1.807, 2.05) is 12.1 Å². The summed E-state index contributed by atoms with van der Waals surface area (Å²) in [6.07, 6.45) is 1.18. The van der Waals surface area contributed by atoms with Crippen molar-refractivity contribution in [2.75, 3.05) is 17.3 Å². The molecule has 3 rings (SSSR count). The van der Waals surface area contributed by atoms with E-state index in [0.717, 1.165) is 11.3 Å². The van der Waals surface area contributed by atoms with Crippen LogP contribution >= 0.6 is 11.6 Å². The van der Waals surface area contributed by atoms with Crippen molar-refractivity contribution >= 4 is 34.8 Å². The summed E-state index contributed by atoms with van der Waals surface area (Å²) >= 11 is 6.03. The van der Waals surface area contributed by atoms with E-state index in [4.69, 9.17) is 11.6 Å². The fourth-order valence-electron chi connectivity index (χ4n) is 2.58. The first kappa shape index (κ1) is 14.6. The molecule has 0 fully saturated rings. The van der Waals surface area contributed by atoms with Gasteiger partial charge in [-0.15, -0.1) is 0 Å². The number of rotatable bonds is 2. The Balaban J connectivity index is 1.84. The molecule has 0 aliphatic carbocycles. The summed E-state index contributed by atoms with van der Waals surface area (Å²) in [5, 5.41) is 3.27. The first-order valence-corrected chi connectivity index (χ1v) is 7.39. The predicted molar refractivity (Wildman–Crippen MR) is 87.6 cm³/mol. The smallest absolute Gasteiger partial charge is 0.257 e. The monoisotopic (exact) mass is 314 g/mol. The number of carbonyl (C=O) groups excluding carboxylic acids is 2. The largest absolute Gasteiger partial charge is 0.322 e. The number of nitrogens with zero attached hydrogens (tertiary/aromatic N) is 1. The van der Waals surface area contributed by atoms with E-state index in [1.54, 1.807) is 42.3 Å². The summed E-state index contributed by atoms with van der Waals surface area (Å²) < 4.78 is 0. The zero-order valence-electron chi connectivity index (χ0n) is 12.1. The average molecular weight is 315 g/mol. The van der Waals surface area contributed by atoms with Crippen LogP contribution in [0.2, 0.25) is 5.02 Å². The van der Waals surface area contributed by atoms with Crippen molar-refractivity contribution in [3.8, 4) is 0 Å². The molecule has 0 radical (unpaired) electrons. The summed E-state index contributed by atoms with van der Waals surface area (Å²) in [5.41, 5.74) is 3.09. The summed E-state index contributed by atoms with van der Waals surface area (Å²) in [7, 11) is 1.77. The van der Waals surface area contributed by atoms with Crippen LogP contribution in [0.3, 0.4) is 0 Å². The van der Waals surface area contributed by atoms with Gasteiger partial charge in [0.1, 0.15) is 0 Å². The zero-order valence-corrected chi connectivity index (χ0v) is 12.9. The van der Waals surface area contributed by atoms with Crippen LogP contribution in [0.25, 0.3) is 0 Å². The molecule has 0 spiro atoms. The highest BCUT2D eigenvalue weighted by atomic mass is 35.5. The number of carbonyl (C=O) groups is 2. The highest BCUT2D eigenvalue weighted by Crippen LogP contribution is 2.29. The number of hydrogen-bond donors (Lipinski definition) is 1. The highest BCUT2D eigenvalue weighted by molar-refractivity contribution is 6.34. The number of amides is 2. The van der Waals surface area contributed by atoms with Crippen molar-refractivity contribution in [3.63, 3.8) is 0 Å². The standard InChI is InChI=1S/C17H15ClN2O2/c1-20-15-8-7-12(10-11(15)6-9-16(20)21)19-17(22)13-4-2-3-5-14(13)18/h2-5,7-8,10H,6,9H2,1H3,(H,19,22). The Bertz CT molecular complexity index is 758. The number of hydrogen-bond acceptors (Lipinski definition) is 2. The van der Waals surface area contributed by atoms with Crippen molar-refractivity contribution < 1.29 is 9.59 Å². The molecule has 0 aromatic heterocycles. The first-order valence-electron chi connectivity index (χ1n) is 7.01. The SMILES string of the molecule is CN1C(=O)CCc2cc(NC(=O)c3ccccc3Cl)ccc21. The molecule has 0 saturated heterocycles. The van der Waals surface area contributed by atoms with Crippen LogP contribution < -0.4 is 10.2 Å². The minimum absolute atomic E-state index is 0.111.